The van der Waals surface area contributed by atoms with Gasteiger partial charge in [0.15, 0.2) is 0 Å². The number of hydrogen-bond acceptors (Lipinski definition) is 3. The van der Waals surface area contributed by atoms with Crippen LogP contribution in [-0.4, -0.2) is 39.4 Å². The number of carbonyl (C=O) groups is 1. The molecule has 0 radical (unpaired) electrons. The van der Waals surface area contributed by atoms with Gasteiger partial charge >= 0.3 is 0 Å². The molecular formula is C18H20N2O3S. The number of carbonyl (C=O) groups excluding carboxylic acids is 1. The Hall–Kier alpha value is -2.44. The lowest BCUT2D eigenvalue weighted by Crippen LogP contribution is -2.44. The summed E-state index contributed by atoms with van der Waals surface area (Å²) in [4.78, 5) is 13.8. The molecule has 2 aromatic rings. The van der Waals surface area contributed by atoms with E-state index in [4.69, 9.17) is 0 Å². The van der Waals surface area contributed by atoms with E-state index in [0.717, 1.165) is 5.56 Å². The summed E-state index contributed by atoms with van der Waals surface area (Å²) in [6.07, 6.45) is 3.28. The highest BCUT2D eigenvalue weighted by molar-refractivity contribution is 7.89. The van der Waals surface area contributed by atoms with Crippen molar-refractivity contribution in [3.8, 4) is 0 Å². The van der Waals surface area contributed by atoms with Gasteiger partial charge in [0, 0.05) is 14.1 Å². The third kappa shape index (κ3) is 4.78. The van der Waals surface area contributed by atoms with E-state index in [2.05, 4.69) is 4.72 Å². The van der Waals surface area contributed by atoms with Gasteiger partial charge in [0.2, 0.25) is 15.9 Å². The number of likely N-dealkylation sites (N-methyl/N-ethyl adjacent to an activating group) is 1. The Balaban J connectivity index is 2.27. The van der Waals surface area contributed by atoms with Gasteiger partial charge in [-0.15, -0.1) is 0 Å². The van der Waals surface area contributed by atoms with Crippen LogP contribution in [-0.2, 0) is 14.8 Å². The largest absolute Gasteiger partial charge is 0.347 e. The molecule has 1 atom stereocenters. The zero-order chi connectivity index (χ0) is 17.6. The van der Waals surface area contributed by atoms with Crippen molar-refractivity contribution in [2.45, 2.75) is 10.9 Å². The molecule has 5 nitrogen and oxygen atoms in total. The van der Waals surface area contributed by atoms with E-state index in [1.807, 2.05) is 30.3 Å². The number of rotatable bonds is 6. The molecule has 2 aromatic carbocycles. The third-order valence-corrected chi connectivity index (χ3v) is 4.78. The average Bonchev–Trinajstić information content (AvgIpc) is 2.59. The van der Waals surface area contributed by atoms with E-state index in [1.54, 1.807) is 44.4 Å². The van der Waals surface area contributed by atoms with Crippen molar-refractivity contribution in [2.75, 3.05) is 14.1 Å². The molecule has 0 aliphatic heterocycles. The first-order valence-corrected chi connectivity index (χ1v) is 8.90. The predicted octanol–water partition coefficient (Wildman–Crippen LogP) is 2.14. The van der Waals surface area contributed by atoms with Crippen molar-refractivity contribution in [3.05, 3.63) is 72.3 Å². The predicted molar refractivity (Wildman–Crippen MR) is 94.7 cm³/mol. The first kappa shape index (κ1) is 17.9. The molecule has 24 heavy (non-hydrogen) atoms. The van der Waals surface area contributed by atoms with Gasteiger partial charge in [-0.1, -0.05) is 60.7 Å². The van der Waals surface area contributed by atoms with Crippen molar-refractivity contribution in [2.24, 2.45) is 0 Å². The molecule has 0 saturated heterocycles. The Bertz CT molecular complexity index is 801. The van der Waals surface area contributed by atoms with E-state index >= 15 is 0 Å². The molecule has 2 rings (SSSR count). The number of nitrogens with zero attached hydrogens (tertiary/aromatic N) is 1. The molecule has 0 aliphatic rings. The molecule has 126 valence electrons. The average molecular weight is 344 g/mol. The quantitative estimate of drug-likeness (QED) is 0.873. The first-order chi connectivity index (χ1) is 11.4. The number of amides is 1. The smallest absolute Gasteiger partial charge is 0.244 e. The zero-order valence-corrected chi connectivity index (χ0v) is 14.4. The molecule has 1 N–H and O–H groups in total. The second-order valence-corrected chi connectivity index (χ2v) is 7.13. The molecular weight excluding hydrogens is 324 g/mol. The Morgan fingerprint density at radius 2 is 1.54 bits per heavy atom. The van der Waals surface area contributed by atoms with Crippen LogP contribution in [0.2, 0.25) is 0 Å². The maximum absolute atomic E-state index is 12.5. The maximum Gasteiger partial charge on any atom is 0.244 e. The van der Waals surface area contributed by atoms with Gasteiger partial charge < -0.3 is 4.90 Å². The van der Waals surface area contributed by atoms with Crippen LogP contribution in [0.15, 0.2) is 71.6 Å². The summed E-state index contributed by atoms with van der Waals surface area (Å²) in [5.74, 6) is -0.346. The number of benzene rings is 2. The number of sulfonamides is 1. The van der Waals surface area contributed by atoms with Crippen LogP contribution in [0, 0.1) is 0 Å². The fourth-order valence-electron chi connectivity index (χ4n) is 2.06. The monoisotopic (exact) mass is 344 g/mol. The van der Waals surface area contributed by atoms with Crippen LogP contribution in [0.25, 0.3) is 6.08 Å². The molecule has 0 bridgehead atoms. The molecule has 0 heterocycles. The van der Waals surface area contributed by atoms with Gasteiger partial charge in [-0.25, -0.2) is 8.42 Å². The molecule has 6 heteroatoms. The lowest BCUT2D eigenvalue weighted by atomic mass is 10.1. The molecule has 0 aromatic heterocycles. The van der Waals surface area contributed by atoms with Crippen LogP contribution in [0.3, 0.4) is 0 Å². The van der Waals surface area contributed by atoms with Crippen molar-refractivity contribution in [3.63, 3.8) is 0 Å². The Morgan fingerprint density at radius 3 is 2.08 bits per heavy atom. The molecule has 0 spiro atoms. The fraction of sp³-hybridized carbons (Fsp3) is 0.167. The summed E-state index contributed by atoms with van der Waals surface area (Å²) in [7, 11) is -0.620. The highest BCUT2D eigenvalue weighted by Gasteiger charge is 2.24. The molecule has 1 unspecified atom stereocenters. The van der Waals surface area contributed by atoms with E-state index in [-0.39, 0.29) is 10.8 Å². The van der Waals surface area contributed by atoms with Crippen LogP contribution in [0.4, 0.5) is 0 Å². The van der Waals surface area contributed by atoms with Crippen LogP contribution in [0.1, 0.15) is 5.56 Å². The highest BCUT2D eigenvalue weighted by atomic mass is 32.2. The minimum atomic E-state index is -3.79. The van der Waals surface area contributed by atoms with Crippen LogP contribution in [0.5, 0.6) is 0 Å². The van der Waals surface area contributed by atoms with Crippen LogP contribution >= 0.6 is 0 Å². The SMILES string of the molecule is CN(C)C(=O)C(/C=C/c1ccccc1)NS(=O)(=O)c1ccccc1. The Kier molecular flexibility index (Phi) is 5.89. The van der Waals surface area contributed by atoms with Crippen molar-refractivity contribution < 1.29 is 13.2 Å². The lowest BCUT2D eigenvalue weighted by molar-refractivity contribution is -0.129. The standard InChI is InChI=1S/C18H20N2O3S/c1-20(2)18(21)17(14-13-15-9-5-3-6-10-15)19-24(22,23)16-11-7-4-8-12-16/h3-14,17,19H,1-2H3/b14-13+. The molecule has 1 amide bonds. The first-order valence-electron chi connectivity index (χ1n) is 7.42. The summed E-state index contributed by atoms with van der Waals surface area (Å²) in [6.45, 7) is 0. The number of hydrogen-bond donors (Lipinski definition) is 1. The van der Waals surface area contributed by atoms with Gasteiger partial charge in [0.1, 0.15) is 6.04 Å². The van der Waals surface area contributed by atoms with E-state index in [1.165, 1.54) is 17.0 Å². The van der Waals surface area contributed by atoms with Gasteiger partial charge in [0.05, 0.1) is 4.90 Å². The second-order valence-electron chi connectivity index (χ2n) is 5.41. The fourth-order valence-corrected chi connectivity index (χ4v) is 3.22. The summed E-state index contributed by atoms with van der Waals surface area (Å²) in [5.41, 5.74) is 0.882. The minimum absolute atomic E-state index is 0.120. The third-order valence-electron chi connectivity index (χ3n) is 3.32. The summed E-state index contributed by atoms with van der Waals surface area (Å²) in [5, 5.41) is 0. The van der Waals surface area contributed by atoms with E-state index < -0.39 is 16.1 Å². The minimum Gasteiger partial charge on any atom is -0.347 e. The van der Waals surface area contributed by atoms with Crippen molar-refractivity contribution in [1.82, 2.24) is 9.62 Å². The highest BCUT2D eigenvalue weighted by Crippen LogP contribution is 2.10. The molecule has 0 saturated carbocycles. The van der Waals surface area contributed by atoms with Crippen molar-refractivity contribution >= 4 is 22.0 Å². The summed E-state index contributed by atoms with van der Waals surface area (Å²) >= 11 is 0. The topological polar surface area (TPSA) is 66.5 Å². The molecule has 0 fully saturated rings. The normalized spacial score (nSPS) is 12.9. The van der Waals surface area contributed by atoms with Gasteiger partial charge in [-0.2, -0.15) is 4.72 Å². The molecule has 0 aliphatic carbocycles. The zero-order valence-electron chi connectivity index (χ0n) is 13.6. The van der Waals surface area contributed by atoms with E-state index in [9.17, 15) is 13.2 Å². The lowest BCUT2D eigenvalue weighted by Gasteiger charge is -2.19. The van der Waals surface area contributed by atoms with Crippen LogP contribution < -0.4 is 4.72 Å². The summed E-state index contributed by atoms with van der Waals surface area (Å²) in [6, 6.07) is 16.4. The maximum atomic E-state index is 12.5. The number of nitrogens with one attached hydrogen (secondary N) is 1. The summed E-state index contributed by atoms with van der Waals surface area (Å²) < 4.78 is 27.4. The Labute approximate surface area is 142 Å². The van der Waals surface area contributed by atoms with Gasteiger partial charge in [-0.05, 0) is 17.7 Å². The van der Waals surface area contributed by atoms with Gasteiger partial charge in [-0.3, -0.25) is 4.79 Å². The van der Waals surface area contributed by atoms with Crippen molar-refractivity contribution in [1.29, 1.82) is 0 Å². The van der Waals surface area contributed by atoms with E-state index in [0.29, 0.717) is 0 Å². The second kappa shape index (κ2) is 7.90. The Morgan fingerprint density at radius 1 is 1.00 bits per heavy atom. The van der Waals surface area contributed by atoms with Gasteiger partial charge in [0.25, 0.3) is 0 Å².